The van der Waals surface area contributed by atoms with Crippen molar-refractivity contribution in [3.05, 3.63) is 43.2 Å². The molecule has 11 nitrogen and oxygen atoms in total. The molecule has 1 fully saturated rings. The first-order valence-corrected chi connectivity index (χ1v) is 17.2. The fraction of sp³-hybridized carbons (Fsp3) is 0.810. The highest BCUT2D eigenvalue weighted by Crippen LogP contribution is 2.43. The van der Waals surface area contributed by atoms with Gasteiger partial charge < -0.3 is 18.4 Å². The van der Waals surface area contributed by atoms with Crippen LogP contribution < -0.4 is 11.2 Å². The van der Waals surface area contributed by atoms with Crippen LogP contribution in [0, 0.1) is 10.1 Å². The fourth-order valence-corrected chi connectivity index (χ4v) is 5.37. The van der Waals surface area contributed by atoms with Crippen LogP contribution in [0.25, 0.3) is 0 Å². The lowest BCUT2D eigenvalue weighted by Gasteiger charge is -2.40. The average molecular weight is 518 g/mol. The van der Waals surface area contributed by atoms with Gasteiger partial charge in [0.2, 0.25) is 0 Å². The summed E-state index contributed by atoms with van der Waals surface area (Å²) in [6, 6.07) is 1.19. The zero-order chi connectivity index (χ0) is 26.3. The van der Waals surface area contributed by atoms with Gasteiger partial charge in [0.1, 0.15) is 12.2 Å². The van der Waals surface area contributed by atoms with Crippen LogP contribution in [0.5, 0.6) is 0 Å². The fourth-order valence-electron chi connectivity index (χ4n) is 3.07. The van der Waals surface area contributed by atoms with E-state index in [4.69, 9.17) is 18.4 Å². The number of nitrogens with zero attached hydrogens (tertiary/aromatic N) is 2. The quantitative estimate of drug-likeness (QED) is 0.315. The maximum Gasteiger partial charge on any atom is 0.330 e. The molecular formula is C21H39N3O8Si2. The predicted molar refractivity (Wildman–Crippen MR) is 132 cm³/mol. The van der Waals surface area contributed by atoms with Crippen LogP contribution in [0.4, 0.5) is 0 Å². The Balaban J connectivity index is 2.52. The van der Waals surface area contributed by atoms with Crippen molar-refractivity contribution in [2.24, 2.45) is 0 Å². The van der Waals surface area contributed by atoms with E-state index in [1.54, 1.807) is 0 Å². The standard InChI is InChI=1S/C21H39N3O8Si2/c1-20(2,3)33(7,8)29-13-14-16(31-24(27)28)17(32-34(9,10)21(4,5)6)18(30-14)23-12-11-15(25)22-19(23)26/h11-12,14,16-18H,13H2,1-10H3,(H,22,25,26). The lowest BCUT2D eigenvalue weighted by atomic mass is 10.1. The van der Waals surface area contributed by atoms with Crippen molar-refractivity contribution in [3.63, 3.8) is 0 Å². The van der Waals surface area contributed by atoms with Gasteiger partial charge in [-0.1, -0.05) is 41.5 Å². The molecule has 1 aromatic heterocycles. The van der Waals surface area contributed by atoms with Crippen molar-refractivity contribution in [1.29, 1.82) is 0 Å². The third-order valence-corrected chi connectivity index (χ3v) is 16.2. The number of H-pyrrole nitrogens is 1. The van der Waals surface area contributed by atoms with Gasteiger partial charge in [0.25, 0.3) is 10.6 Å². The average Bonchev–Trinajstić information content (AvgIpc) is 2.94. The lowest BCUT2D eigenvalue weighted by Crippen LogP contribution is -2.51. The highest BCUT2D eigenvalue weighted by molar-refractivity contribution is 6.74. The maximum atomic E-state index is 12.6. The second kappa shape index (κ2) is 9.68. The number of hydrogen-bond acceptors (Lipinski definition) is 8. The largest absolute Gasteiger partial charge is 0.414 e. The summed E-state index contributed by atoms with van der Waals surface area (Å²) in [6.07, 6.45) is -2.70. The first-order chi connectivity index (χ1) is 15.3. The van der Waals surface area contributed by atoms with Gasteiger partial charge >= 0.3 is 5.69 Å². The molecular weight excluding hydrogens is 478 g/mol. The molecule has 1 N–H and O–H groups in total. The minimum Gasteiger partial charge on any atom is -0.414 e. The van der Waals surface area contributed by atoms with E-state index >= 15 is 0 Å². The molecule has 4 unspecified atom stereocenters. The molecule has 0 spiro atoms. The summed E-state index contributed by atoms with van der Waals surface area (Å²) < 4.78 is 20.2. The third kappa shape index (κ3) is 6.24. The second-order valence-corrected chi connectivity index (χ2v) is 21.4. The van der Waals surface area contributed by atoms with Crippen LogP contribution in [0.2, 0.25) is 36.3 Å². The lowest BCUT2D eigenvalue weighted by molar-refractivity contribution is -0.771. The molecule has 0 aliphatic carbocycles. The van der Waals surface area contributed by atoms with Crippen molar-refractivity contribution < 1.29 is 23.5 Å². The van der Waals surface area contributed by atoms with Gasteiger partial charge in [-0.05, 0) is 36.3 Å². The molecule has 2 heterocycles. The summed E-state index contributed by atoms with van der Waals surface area (Å²) in [5.41, 5.74) is -1.26. The summed E-state index contributed by atoms with van der Waals surface area (Å²) in [7, 11) is -4.70. The zero-order valence-corrected chi connectivity index (χ0v) is 23.8. The van der Waals surface area contributed by atoms with Crippen LogP contribution >= 0.6 is 0 Å². The second-order valence-electron chi connectivity index (χ2n) is 11.8. The Morgan fingerprint density at radius 2 is 1.62 bits per heavy atom. The van der Waals surface area contributed by atoms with Crippen LogP contribution in [0.15, 0.2) is 21.9 Å². The molecule has 0 bridgehead atoms. The van der Waals surface area contributed by atoms with Gasteiger partial charge in [-0.25, -0.2) is 4.79 Å². The molecule has 1 aromatic rings. The number of aromatic nitrogens is 2. The minimum atomic E-state index is -2.49. The maximum absolute atomic E-state index is 12.6. The number of hydrogen-bond donors (Lipinski definition) is 1. The molecule has 1 aliphatic rings. The number of rotatable bonds is 8. The Hall–Kier alpha value is -1.81. The summed E-state index contributed by atoms with van der Waals surface area (Å²) in [4.78, 5) is 43.0. The third-order valence-electron chi connectivity index (χ3n) is 7.27. The van der Waals surface area contributed by atoms with E-state index in [0.29, 0.717) is 0 Å². The molecule has 0 saturated carbocycles. The van der Waals surface area contributed by atoms with Gasteiger partial charge in [-0.15, -0.1) is 10.1 Å². The van der Waals surface area contributed by atoms with Gasteiger partial charge in [0.15, 0.2) is 29.0 Å². The van der Waals surface area contributed by atoms with E-state index in [2.05, 4.69) is 38.8 Å². The van der Waals surface area contributed by atoms with E-state index in [1.807, 2.05) is 33.9 Å². The molecule has 13 heteroatoms. The zero-order valence-electron chi connectivity index (χ0n) is 21.8. The number of nitrogens with one attached hydrogen (secondary N) is 1. The monoisotopic (exact) mass is 517 g/mol. The van der Waals surface area contributed by atoms with E-state index in [-0.39, 0.29) is 16.7 Å². The van der Waals surface area contributed by atoms with Gasteiger partial charge in [0.05, 0.1) is 6.61 Å². The van der Waals surface area contributed by atoms with E-state index < -0.39 is 57.5 Å². The molecule has 0 aromatic carbocycles. The van der Waals surface area contributed by atoms with Crippen molar-refractivity contribution in [3.8, 4) is 0 Å². The van der Waals surface area contributed by atoms with Gasteiger partial charge in [-0.3, -0.25) is 14.3 Å². The molecule has 34 heavy (non-hydrogen) atoms. The van der Waals surface area contributed by atoms with Crippen LogP contribution in [-0.2, 0) is 18.4 Å². The summed E-state index contributed by atoms with van der Waals surface area (Å²) in [5, 5.41) is 10.3. The van der Waals surface area contributed by atoms with Crippen molar-refractivity contribution in [2.45, 2.75) is 102 Å². The number of aromatic amines is 1. The van der Waals surface area contributed by atoms with Crippen LogP contribution in [0.1, 0.15) is 47.8 Å². The van der Waals surface area contributed by atoms with Crippen molar-refractivity contribution in [1.82, 2.24) is 9.55 Å². The Labute approximate surface area is 202 Å². The first-order valence-electron chi connectivity index (χ1n) is 11.4. The molecule has 0 radical (unpaired) electrons. The molecule has 2 rings (SSSR count). The molecule has 1 aliphatic heterocycles. The first kappa shape index (κ1) is 28.4. The van der Waals surface area contributed by atoms with Crippen molar-refractivity contribution in [2.75, 3.05) is 6.61 Å². The summed E-state index contributed by atoms with van der Waals surface area (Å²) in [6.45, 7) is 20.6. The smallest absolute Gasteiger partial charge is 0.330 e. The predicted octanol–water partition coefficient (Wildman–Crippen LogP) is 3.42. The van der Waals surface area contributed by atoms with Crippen LogP contribution in [-0.4, -0.2) is 56.2 Å². The van der Waals surface area contributed by atoms with E-state index in [0.717, 1.165) is 0 Å². The molecule has 1 saturated heterocycles. The Bertz CT molecular complexity index is 993. The van der Waals surface area contributed by atoms with Gasteiger partial charge in [0, 0.05) is 12.3 Å². The molecule has 0 amide bonds. The Kier molecular flexibility index (Phi) is 8.10. The summed E-state index contributed by atoms with van der Waals surface area (Å²) in [5.74, 6) is 0. The summed E-state index contributed by atoms with van der Waals surface area (Å²) >= 11 is 0. The topological polar surface area (TPSA) is 135 Å². The van der Waals surface area contributed by atoms with Crippen molar-refractivity contribution >= 4 is 16.6 Å². The van der Waals surface area contributed by atoms with Crippen LogP contribution in [0.3, 0.4) is 0 Å². The highest BCUT2D eigenvalue weighted by Gasteiger charge is 2.53. The minimum absolute atomic E-state index is 0.0426. The Morgan fingerprint density at radius 1 is 1.06 bits per heavy atom. The van der Waals surface area contributed by atoms with Gasteiger partial charge in [-0.2, -0.15) is 0 Å². The molecule has 4 atom stereocenters. The molecule has 194 valence electrons. The van der Waals surface area contributed by atoms with E-state index in [1.165, 1.54) is 16.8 Å². The SMILES string of the molecule is CC(C)(C)[Si](C)(C)OCC1OC(n2ccc(=O)[nH]c2=O)C(O[Si](C)(C)C(C)(C)C)C1O[N+](=O)[O-]. The Morgan fingerprint density at radius 3 is 2.09 bits per heavy atom. The highest BCUT2D eigenvalue weighted by atomic mass is 28.4. The van der Waals surface area contributed by atoms with E-state index in [9.17, 15) is 19.7 Å². The number of ether oxygens (including phenoxy) is 1. The normalized spacial score (nSPS) is 24.3.